The Morgan fingerprint density at radius 1 is 0.769 bits per heavy atom. The molecule has 0 saturated carbocycles. The van der Waals surface area contributed by atoms with Crippen LogP contribution in [-0.4, -0.2) is 66.1 Å². The van der Waals surface area contributed by atoms with Gasteiger partial charge in [-0.15, -0.1) is 0 Å². The molecule has 4 atom stereocenters. The summed E-state index contributed by atoms with van der Waals surface area (Å²) in [7, 11) is -5.09. The van der Waals surface area contributed by atoms with Gasteiger partial charge < -0.3 is 23.1 Å². The maximum atomic E-state index is 12.4. The van der Waals surface area contributed by atoms with Gasteiger partial charge in [-0.1, -0.05) is 121 Å². The maximum Gasteiger partial charge on any atom is 0.330 e. The smallest absolute Gasteiger partial charge is 0.330 e. The topological polar surface area (TPSA) is 97.4 Å². The highest BCUT2D eigenvalue weighted by Crippen LogP contribution is 2.40. The summed E-state index contributed by atoms with van der Waals surface area (Å²) in [5, 5.41) is 2.20. The number of ether oxygens (including phenoxy) is 3. The minimum Gasteiger partial charge on any atom is -0.463 e. The Labute approximate surface area is 315 Å². The molecule has 2 aromatic rings. The van der Waals surface area contributed by atoms with Crippen molar-refractivity contribution < 1.29 is 37.4 Å². The molecule has 2 unspecified atom stereocenters. The summed E-state index contributed by atoms with van der Waals surface area (Å²) in [6, 6.07) is 21.2. The second kappa shape index (κ2) is 20.2. The SMILES string of the molecule is CCOC(=O)/C=C/CC(/C=C/CC(C[C@H](O[Si](C)(C)C(C)(C)C)[C@@H](C)CO[Si](c1ccccc1)(c1ccccc1)C(C)(C)C)OC(C)=O)OC(C)=O. The molecule has 0 spiro atoms. The van der Waals surface area contributed by atoms with E-state index in [0.717, 1.165) is 0 Å². The Bertz CT molecular complexity index is 1420. The van der Waals surface area contributed by atoms with Crippen LogP contribution in [0.5, 0.6) is 0 Å². The number of hydrogen-bond acceptors (Lipinski definition) is 8. The third-order valence-electron chi connectivity index (χ3n) is 9.67. The lowest BCUT2D eigenvalue weighted by atomic mass is 9.98. The van der Waals surface area contributed by atoms with Crippen LogP contribution < -0.4 is 10.4 Å². The number of benzene rings is 2. The van der Waals surface area contributed by atoms with Gasteiger partial charge in [0.05, 0.1) is 12.7 Å². The molecule has 52 heavy (non-hydrogen) atoms. The van der Waals surface area contributed by atoms with Crippen molar-refractivity contribution in [3.8, 4) is 0 Å². The van der Waals surface area contributed by atoms with Gasteiger partial charge in [0.1, 0.15) is 12.2 Å². The van der Waals surface area contributed by atoms with Crippen molar-refractivity contribution in [3.05, 3.63) is 85.0 Å². The zero-order chi connectivity index (χ0) is 39.2. The van der Waals surface area contributed by atoms with Crippen LogP contribution in [0.3, 0.4) is 0 Å². The number of rotatable bonds is 19. The van der Waals surface area contributed by atoms with Gasteiger partial charge in [0.2, 0.25) is 0 Å². The predicted molar refractivity (Wildman–Crippen MR) is 215 cm³/mol. The molecule has 2 aromatic carbocycles. The van der Waals surface area contributed by atoms with Crippen molar-refractivity contribution in [2.75, 3.05) is 13.2 Å². The third-order valence-corrected chi connectivity index (χ3v) is 19.2. The van der Waals surface area contributed by atoms with Gasteiger partial charge in [0.25, 0.3) is 8.32 Å². The molecule has 0 aliphatic rings. The van der Waals surface area contributed by atoms with Crippen LogP contribution in [0.1, 0.15) is 88.5 Å². The van der Waals surface area contributed by atoms with Gasteiger partial charge in [-0.05, 0) is 46.5 Å². The first-order chi connectivity index (χ1) is 24.2. The summed E-state index contributed by atoms with van der Waals surface area (Å²) in [6.07, 6.45) is 6.37. The van der Waals surface area contributed by atoms with E-state index in [1.165, 1.54) is 30.3 Å². The molecule has 0 radical (unpaired) electrons. The van der Waals surface area contributed by atoms with Crippen LogP contribution >= 0.6 is 0 Å². The van der Waals surface area contributed by atoms with E-state index < -0.39 is 40.8 Å². The molecule has 0 amide bonds. The van der Waals surface area contributed by atoms with E-state index in [2.05, 4.69) is 110 Å². The minimum atomic E-state index is -2.81. The zero-order valence-electron chi connectivity index (χ0n) is 33.7. The summed E-state index contributed by atoms with van der Waals surface area (Å²) < 4.78 is 30.8. The van der Waals surface area contributed by atoms with Gasteiger partial charge >= 0.3 is 17.9 Å². The minimum absolute atomic E-state index is 0.0420. The fraction of sp³-hybridized carbons (Fsp3) is 0.548. The summed E-state index contributed by atoms with van der Waals surface area (Å²) in [5.41, 5.74) is 0. The molecule has 8 nitrogen and oxygen atoms in total. The molecule has 0 N–H and O–H groups in total. The molecule has 0 aliphatic carbocycles. The largest absolute Gasteiger partial charge is 0.463 e. The quantitative estimate of drug-likeness (QED) is 0.0465. The number of hydrogen-bond donors (Lipinski definition) is 0. The van der Waals surface area contributed by atoms with Crippen molar-refractivity contribution in [1.29, 1.82) is 0 Å². The van der Waals surface area contributed by atoms with Gasteiger partial charge in [-0.3, -0.25) is 9.59 Å². The summed E-state index contributed by atoms with van der Waals surface area (Å²) in [5.74, 6) is -1.31. The van der Waals surface area contributed by atoms with Gasteiger partial charge in [-0.25, -0.2) is 4.79 Å². The number of carbonyl (C=O) groups excluding carboxylic acids is 3. The first-order valence-corrected chi connectivity index (χ1v) is 23.3. The summed E-state index contributed by atoms with van der Waals surface area (Å²) in [6.45, 7) is 25.3. The lowest BCUT2D eigenvalue weighted by Crippen LogP contribution is -2.67. The fourth-order valence-corrected chi connectivity index (χ4v) is 12.1. The average molecular weight is 753 g/mol. The van der Waals surface area contributed by atoms with Gasteiger partial charge in [0.15, 0.2) is 8.32 Å². The van der Waals surface area contributed by atoms with Crippen molar-refractivity contribution >= 4 is 44.9 Å². The van der Waals surface area contributed by atoms with Crippen LogP contribution in [0, 0.1) is 5.92 Å². The van der Waals surface area contributed by atoms with Crippen molar-refractivity contribution in [2.45, 2.75) is 130 Å². The second-order valence-corrected chi connectivity index (χ2v) is 25.1. The van der Waals surface area contributed by atoms with Crippen molar-refractivity contribution in [2.24, 2.45) is 5.92 Å². The Hall–Kier alpha value is -3.32. The number of carbonyl (C=O) groups is 3. The maximum absolute atomic E-state index is 12.4. The highest BCUT2D eigenvalue weighted by molar-refractivity contribution is 6.99. The molecule has 0 aromatic heterocycles. The van der Waals surface area contributed by atoms with E-state index >= 15 is 0 Å². The van der Waals surface area contributed by atoms with Crippen LogP contribution in [0.15, 0.2) is 85.0 Å². The molecule has 2 rings (SSSR count). The van der Waals surface area contributed by atoms with E-state index in [4.69, 9.17) is 23.1 Å². The van der Waals surface area contributed by atoms with Gasteiger partial charge in [0, 0.05) is 51.7 Å². The molecular formula is C42H64O8Si2. The molecule has 288 valence electrons. The normalized spacial score (nSPS) is 15.2. The lowest BCUT2D eigenvalue weighted by Gasteiger charge is -2.45. The summed E-state index contributed by atoms with van der Waals surface area (Å²) >= 11 is 0. The van der Waals surface area contributed by atoms with Crippen LogP contribution in [0.4, 0.5) is 0 Å². The third kappa shape index (κ3) is 13.6. The molecule has 10 heteroatoms. The van der Waals surface area contributed by atoms with Crippen LogP contribution in [0.2, 0.25) is 23.2 Å². The van der Waals surface area contributed by atoms with Crippen LogP contribution in [0.25, 0.3) is 0 Å². The standard InChI is InChI=1S/C42H64O8Si2/c1-13-46-40(45)29-21-23-35(48-33(3)43)22-20-24-36(49-34(4)44)30-39(50-51(11,12)41(5,6)7)32(2)31-47-52(42(8,9)10,37-25-16-14-17-26-37)38-27-18-15-19-28-38/h14-22,25-29,32,35-36,39H,13,23-24,30-31H2,1-12H3/b22-20+,29-21+/t32-,35?,36?,39-/m0/s1. The highest BCUT2D eigenvalue weighted by atomic mass is 28.4. The number of esters is 3. The highest BCUT2D eigenvalue weighted by Gasteiger charge is 2.51. The average Bonchev–Trinajstić information content (AvgIpc) is 3.04. The second-order valence-electron chi connectivity index (χ2n) is 16.0. The first kappa shape index (κ1) is 44.8. The fourth-order valence-electron chi connectivity index (χ4n) is 6.01. The molecule has 0 aliphatic heterocycles. The Balaban J connectivity index is 2.47. The summed E-state index contributed by atoms with van der Waals surface area (Å²) in [4.78, 5) is 36.0. The van der Waals surface area contributed by atoms with Gasteiger partial charge in [-0.2, -0.15) is 0 Å². The Kier molecular flexibility index (Phi) is 17.4. The Morgan fingerprint density at radius 3 is 1.77 bits per heavy atom. The van der Waals surface area contributed by atoms with Crippen LogP contribution in [-0.2, 0) is 37.4 Å². The van der Waals surface area contributed by atoms with E-state index in [1.54, 1.807) is 19.1 Å². The molecular weight excluding hydrogens is 689 g/mol. The molecule has 0 saturated heterocycles. The van der Waals surface area contributed by atoms with Crippen molar-refractivity contribution in [3.63, 3.8) is 0 Å². The van der Waals surface area contributed by atoms with E-state index in [0.29, 0.717) is 25.9 Å². The molecule has 0 heterocycles. The monoisotopic (exact) mass is 752 g/mol. The van der Waals surface area contributed by atoms with Crippen molar-refractivity contribution in [1.82, 2.24) is 0 Å². The lowest BCUT2D eigenvalue weighted by molar-refractivity contribution is -0.148. The first-order valence-electron chi connectivity index (χ1n) is 18.5. The molecule has 0 bridgehead atoms. The predicted octanol–water partition coefficient (Wildman–Crippen LogP) is 8.30. The zero-order valence-corrected chi connectivity index (χ0v) is 35.7. The Morgan fingerprint density at radius 2 is 1.31 bits per heavy atom. The van der Waals surface area contributed by atoms with E-state index in [-0.39, 0.29) is 34.7 Å². The van der Waals surface area contributed by atoms with E-state index in [9.17, 15) is 14.4 Å². The van der Waals surface area contributed by atoms with E-state index in [1.807, 2.05) is 18.2 Å². The molecule has 0 fully saturated rings.